The normalized spacial score (nSPS) is 37.6. The van der Waals surface area contributed by atoms with Crippen LogP contribution < -0.4 is 0 Å². The summed E-state index contributed by atoms with van der Waals surface area (Å²) in [7, 11) is 0. The van der Waals surface area contributed by atoms with E-state index in [1.165, 1.54) is 51.4 Å². The summed E-state index contributed by atoms with van der Waals surface area (Å²) in [6.07, 6.45) is 14.8. The van der Waals surface area contributed by atoms with Crippen LogP contribution in [0.5, 0.6) is 0 Å². The van der Waals surface area contributed by atoms with E-state index < -0.39 is 0 Å². The van der Waals surface area contributed by atoms with Crippen molar-refractivity contribution in [2.24, 2.45) is 29.6 Å². The lowest BCUT2D eigenvalue weighted by atomic mass is 9.85. The molecule has 0 heterocycles. The van der Waals surface area contributed by atoms with Gasteiger partial charge in [0, 0.05) is 5.92 Å². The average Bonchev–Trinajstić information content (AvgIpc) is 3.24. The van der Waals surface area contributed by atoms with E-state index >= 15 is 0 Å². The maximum atomic E-state index is 2.71. The molecule has 0 spiro atoms. The van der Waals surface area contributed by atoms with Gasteiger partial charge in [-0.05, 0) is 80.6 Å². The highest BCUT2D eigenvalue weighted by Gasteiger charge is 2.49. The molecule has 5 aliphatic carbocycles. The van der Waals surface area contributed by atoms with Crippen LogP contribution in [0.3, 0.4) is 0 Å². The van der Waals surface area contributed by atoms with Crippen LogP contribution in [0.15, 0.2) is 22.8 Å². The molecule has 0 nitrogen and oxygen atoms in total. The van der Waals surface area contributed by atoms with Crippen molar-refractivity contribution in [2.75, 3.05) is 0 Å². The van der Waals surface area contributed by atoms with Crippen molar-refractivity contribution in [3.63, 3.8) is 0 Å². The zero-order chi connectivity index (χ0) is 11.0. The Hall–Kier alpha value is -0.520. The Morgan fingerprint density at radius 3 is 1.88 bits per heavy atom. The molecule has 0 amide bonds. The van der Waals surface area contributed by atoms with Crippen molar-refractivity contribution >= 4 is 0 Å². The van der Waals surface area contributed by atoms with E-state index in [9.17, 15) is 0 Å². The molecule has 0 aromatic carbocycles. The molecule has 0 aromatic rings. The average molecular weight is 226 g/mol. The Labute approximate surface area is 104 Å². The summed E-state index contributed by atoms with van der Waals surface area (Å²) in [6.45, 7) is 0. The predicted octanol–water partition coefficient (Wildman–Crippen LogP) is 4.48. The first-order valence-corrected chi connectivity index (χ1v) is 7.87. The minimum Gasteiger partial charge on any atom is -0.0594 e. The molecule has 1 atom stereocenters. The summed E-state index contributed by atoms with van der Waals surface area (Å²) in [4.78, 5) is 0. The van der Waals surface area contributed by atoms with E-state index in [4.69, 9.17) is 0 Å². The molecule has 0 bridgehead atoms. The van der Waals surface area contributed by atoms with Crippen LogP contribution in [0, 0.1) is 29.6 Å². The Morgan fingerprint density at radius 1 is 0.706 bits per heavy atom. The van der Waals surface area contributed by atoms with Crippen LogP contribution in [0.1, 0.15) is 51.4 Å². The van der Waals surface area contributed by atoms with Gasteiger partial charge in [0.1, 0.15) is 0 Å². The van der Waals surface area contributed by atoms with Crippen molar-refractivity contribution < 1.29 is 0 Å². The highest BCUT2D eigenvalue weighted by atomic mass is 14.5. The fourth-order valence-electron chi connectivity index (χ4n) is 4.09. The van der Waals surface area contributed by atoms with Gasteiger partial charge in [0.15, 0.2) is 0 Å². The molecule has 5 aliphatic rings. The summed E-state index contributed by atoms with van der Waals surface area (Å²) < 4.78 is 0. The van der Waals surface area contributed by atoms with Gasteiger partial charge in [-0.2, -0.15) is 0 Å². The van der Waals surface area contributed by atoms with Gasteiger partial charge in [-0.25, -0.2) is 0 Å². The molecule has 0 radical (unpaired) electrons. The molecule has 4 fully saturated rings. The number of allylic oxidation sites excluding steroid dienone is 4. The van der Waals surface area contributed by atoms with Gasteiger partial charge < -0.3 is 0 Å². The summed E-state index contributed by atoms with van der Waals surface area (Å²) in [5.74, 6) is 5.09. The van der Waals surface area contributed by atoms with E-state index in [2.05, 4.69) is 6.08 Å². The van der Waals surface area contributed by atoms with Crippen LogP contribution in [0.25, 0.3) is 0 Å². The van der Waals surface area contributed by atoms with Gasteiger partial charge in [-0.1, -0.05) is 17.2 Å². The Bertz CT molecular complexity index is 423. The molecule has 0 saturated heterocycles. The van der Waals surface area contributed by atoms with Gasteiger partial charge in [0.25, 0.3) is 0 Å². The van der Waals surface area contributed by atoms with E-state index in [0.717, 1.165) is 29.6 Å². The molecule has 90 valence electrons. The first kappa shape index (κ1) is 9.42. The molecular weight excluding hydrogens is 204 g/mol. The smallest absolute Gasteiger partial charge is 0.00499 e. The van der Waals surface area contributed by atoms with Crippen molar-refractivity contribution in [2.45, 2.75) is 51.4 Å². The second kappa shape index (κ2) is 3.08. The minimum absolute atomic E-state index is 0.964. The van der Waals surface area contributed by atoms with Gasteiger partial charge in [-0.3, -0.25) is 0 Å². The van der Waals surface area contributed by atoms with Crippen molar-refractivity contribution in [3.05, 3.63) is 22.8 Å². The predicted molar refractivity (Wildman–Crippen MR) is 69.5 cm³/mol. The van der Waals surface area contributed by atoms with Crippen molar-refractivity contribution in [1.29, 1.82) is 0 Å². The van der Waals surface area contributed by atoms with E-state index in [1.54, 1.807) is 0 Å². The summed E-state index contributed by atoms with van der Waals surface area (Å²) in [5, 5.41) is 0. The zero-order valence-electron chi connectivity index (χ0n) is 10.6. The third-order valence-corrected chi connectivity index (χ3v) is 5.53. The number of hydrogen-bond acceptors (Lipinski definition) is 0. The lowest BCUT2D eigenvalue weighted by Crippen LogP contribution is -2.10. The Morgan fingerprint density at radius 2 is 1.35 bits per heavy atom. The summed E-state index contributed by atoms with van der Waals surface area (Å²) >= 11 is 0. The Balaban J connectivity index is 1.57. The summed E-state index contributed by atoms with van der Waals surface area (Å²) in [5.41, 5.74) is 5.76. The minimum atomic E-state index is 0.964. The number of hydrogen-bond donors (Lipinski definition) is 0. The summed E-state index contributed by atoms with van der Waals surface area (Å²) in [6, 6.07) is 0. The molecule has 1 unspecified atom stereocenters. The van der Waals surface area contributed by atoms with Crippen LogP contribution >= 0.6 is 0 Å². The largest absolute Gasteiger partial charge is 0.0594 e. The van der Waals surface area contributed by atoms with Gasteiger partial charge >= 0.3 is 0 Å². The quantitative estimate of drug-likeness (QED) is 0.663. The maximum absolute atomic E-state index is 2.71. The third-order valence-electron chi connectivity index (χ3n) is 5.53. The topological polar surface area (TPSA) is 0 Å². The molecule has 4 saturated carbocycles. The lowest BCUT2D eigenvalue weighted by molar-refractivity contribution is 0.568. The monoisotopic (exact) mass is 226 g/mol. The second-order valence-electron chi connectivity index (χ2n) is 7.19. The van der Waals surface area contributed by atoms with Crippen molar-refractivity contribution in [1.82, 2.24) is 0 Å². The van der Waals surface area contributed by atoms with E-state index in [-0.39, 0.29) is 0 Å². The molecule has 0 aromatic heterocycles. The van der Waals surface area contributed by atoms with Crippen molar-refractivity contribution in [3.8, 4) is 0 Å². The van der Waals surface area contributed by atoms with Gasteiger partial charge in [0.2, 0.25) is 0 Å². The first-order valence-electron chi connectivity index (χ1n) is 7.87. The zero-order valence-corrected chi connectivity index (χ0v) is 10.6. The maximum Gasteiger partial charge on any atom is 0.00499 e. The van der Waals surface area contributed by atoms with Gasteiger partial charge in [-0.15, -0.1) is 0 Å². The molecular formula is C17H22. The molecule has 0 N–H and O–H groups in total. The molecule has 0 aliphatic heterocycles. The van der Waals surface area contributed by atoms with Crippen LogP contribution in [-0.4, -0.2) is 0 Å². The SMILES string of the molecule is C1=C(C2CC2)C(C2CC2)C(C2CC2)=C1C1CC1. The first-order chi connectivity index (χ1) is 8.42. The van der Waals surface area contributed by atoms with Crippen LogP contribution in [0.4, 0.5) is 0 Å². The highest BCUT2D eigenvalue weighted by Crippen LogP contribution is 2.61. The lowest BCUT2D eigenvalue weighted by Gasteiger charge is -2.19. The van der Waals surface area contributed by atoms with E-state index in [1.807, 2.05) is 16.7 Å². The Kier molecular flexibility index (Phi) is 1.70. The number of rotatable bonds is 4. The fraction of sp³-hybridized carbons (Fsp3) is 0.765. The van der Waals surface area contributed by atoms with Crippen LogP contribution in [0.2, 0.25) is 0 Å². The van der Waals surface area contributed by atoms with Gasteiger partial charge in [0.05, 0.1) is 0 Å². The van der Waals surface area contributed by atoms with Crippen LogP contribution in [-0.2, 0) is 0 Å². The molecule has 0 heteroatoms. The fourth-order valence-corrected chi connectivity index (χ4v) is 4.09. The molecule has 17 heavy (non-hydrogen) atoms. The molecule has 5 rings (SSSR count). The standard InChI is InChI=1S/C17H22/c1-2-10(1)14-9-15(11-3-4-11)17(13-7-8-13)16(14)12-5-6-12/h9-13,16H,1-8H2. The third kappa shape index (κ3) is 1.49. The second-order valence-corrected chi connectivity index (χ2v) is 7.19. The van der Waals surface area contributed by atoms with E-state index in [0.29, 0.717) is 0 Å². The highest BCUT2D eigenvalue weighted by molar-refractivity contribution is 5.50.